The lowest BCUT2D eigenvalue weighted by Gasteiger charge is -2.11. The summed E-state index contributed by atoms with van der Waals surface area (Å²) in [6.07, 6.45) is 0. The predicted molar refractivity (Wildman–Crippen MR) is 83.3 cm³/mol. The third-order valence-corrected chi connectivity index (χ3v) is 4.49. The molecule has 3 nitrogen and oxygen atoms in total. The van der Waals surface area contributed by atoms with Gasteiger partial charge in [-0.3, -0.25) is 4.57 Å². The third kappa shape index (κ3) is 2.51. The highest BCUT2D eigenvalue weighted by atomic mass is 79.9. The van der Waals surface area contributed by atoms with E-state index in [2.05, 4.69) is 15.9 Å². The summed E-state index contributed by atoms with van der Waals surface area (Å²) >= 11 is 9.50. The van der Waals surface area contributed by atoms with Gasteiger partial charge in [0.05, 0.1) is 15.4 Å². The number of hydrogen-bond donors (Lipinski definition) is 0. The topological polar surface area (TPSA) is 35.1 Å². The summed E-state index contributed by atoms with van der Waals surface area (Å²) < 4.78 is 20.5. The number of alkyl halides is 1. The molecule has 0 saturated heterocycles. The van der Waals surface area contributed by atoms with Gasteiger partial charge in [-0.05, 0) is 51.3 Å². The van der Waals surface area contributed by atoms with Gasteiger partial charge >= 0.3 is 5.76 Å². The number of oxazole rings is 1. The fourth-order valence-corrected chi connectivity index (χ4v) is 2.69. The zero-order chi connectivity index (χ0) is 15.1. The number of fused-ring (bicyclic) bond motifs is 1. The van der Waals surface area contributed by atoms with Gasteiger partial charge in [0.2, 0.25) is 0 Å². The van der Waals surface area contributed by atoms with Crippen LogP contribution in [0.4, 0.5) is 4.39 Å². The van der Waals surface area contributed by atoms with Crippen LogP contribution in [0, 0.1) is 5.82 Å². The van der Waals surface area contributed by atoms with E-state index in [1.807, 2.05) is 0 Å². The maximum Gasteiger partial charge on any atom is 0.419 e. The Morgan fingerprint density at radius 2 is 1.90 bits per heavy atom. The third-order valence-electron chi connectivity index (χ3n) is 3.35. The minimum absolute atomic E-state index is 0.370. The Balaban J connectivity index is 2.06. The number of benzene rings is 2. The first-order chi connectivity index (χ1) is 9.97. The molecular weight excluding hydrogens is 361 g/mol. The standard InChI is InChI=1S/C15H10BrClFNO2/c1-19-12-5-3-9(7-13(12)21-15(19)20)14(17)8-2-4-10(16)11(18)6-8/h2-7,14H,1H3. The molecule has 1 aromatic heterocycles. The number of aromatic nitrogens is 1. The highest BCUT2D eigenvalue weighted by Crippen LogP contribution is 2.32. The Bertz CT molecular complexity index is 887. The van der Waals surface area contributed by atoms with Crippen LogP contribution in [0.15, 0.2) is 50.1 Å². The van der Waals surface area contributed by atoms with Crippen LogP contribution in [-0.2, 0) is 7.05 Å². The molecule has 1 unspecified atom stereocenters. The van der Waals surface area contributed by atoms with Crippen molar-refractivity contribution in [2.24, 2.45) is 7.05 Å². The van der Waals surface area contributed by atoms with Crippen LogP contribution in [0.3, 0.4) is 0 Å². The minimum Gasteiger partial charge on any atom is -0.408 e. The van der Waals surface area contributed by atoms with E-state index in [1.54, 1.807) is 37.4 Å². The predicted octanol–water partition coefficient (Wildman–Crippen LogP) is 4.36. The zero-order valence-corrected chi connectivity index (χ0v) is 13.3. The van der Waals surface area contributed by atoms with Crippen LogP contribution in [-0.4, -0.2) is 4.57 Å². The Morgan fingerprint density at radius 1 is 1.24 bits per heavy atom. The lowest BCUT2D eigenvalue weighted by molar-refractivity contribution is 0.528. The Kier molecular flexibility index (Phi) is 3.63. The summed E-state index contributed by atoms with van der Waals surface area (Å²) in [5.74, 6) is -0.798. The molecule has 0 aliphatic rings. The number of aryl methyl sites for hydroxylation is 1. The van der Waals surface area contributed by atoms with E-state index in [-0.39, 0.29) is 5.82 Å². The Labute approximate surface area is 133 Å². The van der Waals surface area contributed by atoms with E-state index in [4.69, 9.17) is 16.0 Å². The van der Waals surface area contributed by atoms with E-state index in [0.717, 1.165) is 5.56 Å². The molecule has 6 heteroatoms. The highest BCUT2D eigenvalue weighted by Gasteiger charge is 2.15. The molecule has 0 saturated carbocycles. The molecule has 108 valence electrons. The second-order valence-corrected chi connectivity index (χ2v) is 5.98. The molecule has 0 radical (unpaired) electrons. The summed E-state index contributed by atoms with van der Waals surface area (Å²) in [6, 6.07) is 10.0. The monoisotopic (exact) mass is 369 g/mol. The first kappa shape index (κ1) is 14.4. The van der Waals surface area contributed by atoms with Gasteiger partial charge < -0.3 is 4.42 Å². The Morgan fingerprint density at radius 3 is 2.62 bits per heavy atom. The van der Waals surface area contributed by atoms with Gasteiger partial charge in [-0.2, -0.15) is 0 Å². The second-order valence-electron chi connectivity index (χ2n) is 4.69. The van der Waals surface area contributed by atoms with Crippen LogP contribution < -0.4 is 5.76 Å². The zero-order valence-electron chi connectivity index (χ0n) is 10.9. The van der Waals surface area contributed by atoms with Crippen molar-refractivity contribution in [3.05, 3.63) is 68.4 Å². The van der Waals surface area contributed by atoms with E-state index in [1.165, 1.54) is 10.6 Å². The molecule has 1 heterocycles. The van der Waals surface area contributed by atoms with Crippen molar-refractivity contribution < 1.29 is 8.81 Å². The summed E-state index contributed by atoms with van der Waals surface area (Å²) in [5.41, 5.74) is 2.52. The maximum atomic E-state index is 13.6. The van der Waals surface area contributed by atoms with Gasteiger partial charge in [-0.25, -0.2) is 9.18 Å². The van der Waals surface area contributed by atoms with Crippen molar-refractivity contribution in [3.8, 4) is 0 Å². The molecule has 0 fully saturated rings. The molecular formula is C15H10BrClFNO2. The molecule has 21 heavy (non-hydrogen) atoms. The van der Waals surface area contributed by atoms with Gasteiger partial charge in [0.15, 0.2) is 5.58 Å². The second kappa shape index (κ2) is 5.31. The lowest BCUT2D eigenvalue weighted by atomic mass is 10.0. The van der Waals surface area contributed by atoms with Crippen LogP contribution in [0.2, 0.25) is 0 Å². The average molecular weight is 371 g/mol. The minimum atomic E-state index is -0.525. The van der Waals surface area contributed by atoms with Crippen LogP contribution >= 0.6 is 27.5 Å². The quantitative estimate of drug-likeness (QED) is 0.628. The smallest absolute Gasteiger partial charge is 0.408 e. The average Bonchev–Trinajstić information content (AvgIpc) is 2.76. The number of halogens is 3. The molecule has 0 N–H and O–H groups in total. The number of hydrogen-bond acceptors (Lipinski definition) is 2. The van der Waals surface area contributed by atoms with Gasteiger partial charge in [0.25, 0.3) is 0 Å². The molecule has 3 rings (SSSR count). The van der Waals surface area contributed by atoms with Crippen molar-refractivity contribution in [1.82, 2.24) is 4.57 Å². The molecule has 0 spiro atoms. The summed E-state index contributed by atoms with van der Waals surface area (Å²) in [7, 11) is 1.64. The van der Waals surface area contributed by atoms with Crippen LogP contribution in [0.1, 0.15) is 16.5 Å². The summed E-state index contributed by atoms with van der Waals surface area (Å²) in [5, 5.41) is -0.525. The first-order valence-corrected chi connectivity index (χ1v) is 7.39. The van der Waals surface area contributed by atoms with Gasteiger partial charge in [-0.1, -0.05) is 12.1 Å². The molecule has 0 bridgehead atoms. The highest BCUT2D eigenvalue weighted by molar-refractivity contribution is 9.10. The fraction of sp³-hybridized carbons (Fsp3) is 0.133. The van der Waals surface area contributed by atoms with E-state index >= 15 is 0 Å². The van der Waals surface area contributed by atoms with E-state index in [9.17, 15) is 9.18 Å². The molecule has 0 amide bonds. The SMILES string of the molecule is Cn1c(=O)oc2cc(C(Cl)c3ccc(Br)c(F)c3)ccc21. The molecule has 0 aliphatic heterocycles. The van der Waals surface area contributed by atoms with Gasteiger partial charge in [-0.15, -0.1) is 11.6 Å². The summed E-state index contributed by atoms with van der Waals surface area (Å²) in [6.45, 7) is 0. The van der Waals surface area contributed by atoms with Crippen LogP contribution in [0.5, 0.6) is 0 Å². The summed E-state index contributed by atoms with van der Waals surface area (Å²) in [4.78, 5) is 11.5. The normalized spacial score (nSPS) is 12.8. The van der Waals surface area contributed by atoms with Crippen molar-refractivity contribution in [1.29, 1.82) is 0 Å². The van der Waals surface area contributed by atoms with Crippen molar-refractivity contribution in [2.45, 2.75) is 5.38 Å². The molecule has 0 aliphatic carbocycles. The van der Waals surface area contributed by atoms with Crippen molar-refractivity contribution in [2.75, 3.05) is 0 Å². The first-order valence-electron chi connectivity index (χ1n) is 6.16. The number of nitrogens with zero attached hydrogens (tertiary/aromatic N) is 1. The van der Waals surface area contributed by atoms with Gasteiger partial charge in [0.1, 0.15) is 5.82 Å². The Hall–Kier alpha value is -1.59. The molecule has 3 aromatic rings. The van der Waals surface area contributed by atoms with E-state index in [0.29, 0.717) is 21.1 Å². The fourth-order valence-electron chi connectivity index (χ4n) is 2.17. The largest absolute Gasteiger partial charge is 0.419 e. The van der Waals surface area contributed by atoms with Crippen LogP contribution in [0.25, 0.3) is 11.1 Å². The number of rotatable bonds is 2. The van der Waals surface area contributed by atoms with Crippen molar-refractivity contribution >= 4 is 38.6 Å². The molecule has 1 atom stereocenters. The van der Waals surface area contributed by atoms with E-state index < -0.39 is 11.1 Å². The van der Waals surface area contributed by atoms with Gasteiger partial charge in [0, 0.05) is 7.05 Å². The lowest BCUT2D eigenvalue weighted by Crippen LogP contribution is -2.08. The van der Waals surface area contributed by atoms with Crippen molar-refractivity contribution in [3.63, 3.8) is 0 Å². The molecule has 2 aromatic carbocycles. The maximum absolute atomic E-state index is 13.6.